The minimum absolute atomic E-state index is 0.0413. The second-order valence-corrected chi connectivity index (χ2v) is 4.53. The number of anilines is 2. The second-order valence-electron chi connectivity index (χ2n) is 4.12. The molecule has 0 fully saturated rings. The molecule has 4 nitrogen and oxygen atoms in total. The van der Waals surface area contributed by atoms with Crippen molar-refractivity contribution in [1.29, 1.82) is 0 Å². The van der Waals surface area contributed by atoms with Gasteiger partial charge in [-0.25, -0.2) is 0 Å². The van der Waals surface area contributed by atoms with Crippen LogP contribution in [0.1, 0.15) is 20.8 Å². The first-order valence-corrected chi connectivity index (χ1v) is 6.47. The Bertz CT molecular complexity index is 419. The van der Waals surface area contributed by atoms with Crippen molar-refractivity contribution >= 4 is 28.9 Å². The predicted octanol–water partition coefficient (Wildman–Crippen LogP) is 2.59. The summed E-state index contributed by atoms with van der Waals surface area (Å²) < 4.78 is 0. The molecular weight excluding hydrogens is 250 g/mol. The van der Waals surface area contributed by atoms with Gasteiger partial charge in [-0.2, -0.15) is 0 Å². The molecule has 0 aliphatic rings. The molecule has 0 radical (unpaired) electrons. The molecule has 1 rings (SSSR count). The van der Waals surface area contributed by atoms with E-state index in [1.165, 1.54) is 0 Å². The van der Waals surface area contributed by atoms with Crippen LogP contribution < -0.4 is 11.1 Å². The van der Waals surface area contributed by atoms with Crippen LogP contribution in [0.5, 0.6) is 0 Å². The average molecular weight is 270 g/mol. The SMILES string of the molecule is CCN(CC)C(C)C(=O)Nc1ccc(Cl)c(N)c1. The van der Waals surface area contributed by atoms with Crippen LogP contribution in [-0.2, 0) is 4.79 Å². The number of nitrogen functional groups attached to an aromatic ring is 1. The third-order valence-electron chi connectivity index (χ3n) is 3.00. The number of nitrogens with two attached hydrogens (primary N) is 1. The van der Waals surface area contributed by atoms with Gasteiger partial charge in [0.15, 0.2) is 0 Å². The lowest BCUT2D eigenvalue weighted by Crippen LogP contribution is -2.41. The van der Waals surface area contributed by atoms with Crippen molar-refractivity contribution in [3.8, 4) is 0 Å². The molecule has 0 saturated heterocycles. The number of amides is 1. The van der Waals surface area contributed by atoms with Gasteiger partial charge in [-0.1, -0.05) is 25.4 Å². The zero-order valence-corrected chi connectivity index (χ0v) is 11.8. The molecule has 18 heavy (non-hydrogen) atoms. The summed E-state index contributed by atoms with van der Waals surface area (Å²) in [6.07, 6.45) is 0. The van der Waals surface area contributed by atoms with E-state index >= 15 is 0 Å². The summed E-state index contributed by atoms with van der Waals surface area (Å²) in [7, 11) is 0. The number of nitrogens with one attached hydrogen (secondary N) is 1. The molecular formula is C13H20ClN3O. The largest absolute Gasteiger partial charge is 0.397 e. The Labute approximate surface area is 113 Å². The Morgan fingerprint density at radius 3 is 2.56 bits per heavy atom. The van der Waals surface area contributed by atoms with Gasteiger partial charge in [0, 0.05) is 5.69 Å². The highest BCUT2D eigenvalue weighted by Crippen LogP contribution is 2.22. The van der Waals surface area contributed by atoms with Crippen LogP contribution in [0.2, 0.25) is 5.02 Å². The molecule has 0 heterocycles. The van der Waals surface area contributed by atoms with Crippen molar-refractivity contribution < 1.29 is 4.79 Å². The molecule has 100 valence electrons. The van der Waals surface area contributed by atoms with Crippen molar-refractivity contribution in [2.24, 2.45) is 0 Å². The minimum atomic E-state index is -0.170. The summed E-state index contributed by atoms with van der Waals surface area (Å²) in [6, 6.07) is 4.91. The number of halogens is 1. The number of likely N-dealkylation sites (N-methyl/N-ethyl adjacent to an activating group) is 1. The first kappa shape index (κ1) is 14.8. The van der Waals surface area contributed by atoms with Gasteiger partial charge in [0.1, 0.15) is 0 Å². The summed E-state index contributed by atoms with van der Waals surface area (Å²) in [5.41, 5.74) is 6.82. The Morgan fingerprint density at radius 2 is 2.06 bits per heavy atom. The Morgan fingerprint density at radius 1 is 1.44 bits per heavy atom. The molecule has 5 heteroatoms. The summed E-state index contributed by atoms with van der Waals surface area (Å²) in [6.45, 7) is 7.64. The predicted molar refractivity (Wildman–Crippen MR) is 76.9 cm³/mol. The lowest BCUT2D eigenvalue weighted by molar-refractivity contribution is -0.120. The molecule has 0 aliphatic heterocycles. The standard InChI is InChI=1S/C13H20ClN3O/c1-4-17(5-2)9(3)13(18)16-10-6-7-11(14)12(15)8-10/h6-9H,4-5,15H2,1-3H3,(H,16,18). The van der Waals surface area contributed by atoms with Crippen LogP contribution in [-0.4, -0.2) is 29.9 Å². The van der Waals surface area contributed by atoms with Crippen LogP contribution >= 0.6 is 11.6 Å². The van der Waals surface area contributed by atoms with Gasteiger partial charge in [-0.15, -0.1) is 0 Å². The summed E-state index contributed by atoms with van der Waals surface area (Å²) in [4.78, 5) is 14.1. The number of nitrogens with zero attached hydrogens (tertiary/aromatic N) is 1. The van der Waals surface area contributed by atoms with Crippen molar-refractivity contribution in [3.05, 3.63) is 23.2 Å². The summed E-state index contributed by atoms with van der Waals surface area (Å²) >= 11 is 5.83. The molecule has 0 aromatic heterocycles. The smallest absolute Gasteiger partial charge is 0.241 e. The Hall–Kier alpha value is -1.26. The number of rotatable bonds is 5. The number of carbonyl (C=O) groups is 1. The van der Waals surface area contributed by atoms with Gasteiger partial charge < -0.3 is 11.1 Å². The quantitative estimate of drug-likeness (QED) is 0.808. The fourth-order valence-electron chi connectivity index (χ4n) is 1.81. The van der Waals surface area contributed by atoms with Crippen molar-refractivity contribution in [3.63, 3.8) is 0 Å². The Kier molecular flexibility index (Phi) is 5.44. The third-order valence-corrected chi connectivity index (χ3v) is 3.35. The topological polar surface area (TPSA) is 58.4 Å². The highest BCUT2D eigenvalue weighted by molar-refractivity contribution is 6.33. The molecule has 3 N–H and O–H groups in total. The fraction of sp³-hybridized carbons (Fsp3) is 0.462. The fourth-order valence-corrected chi connectivity index (χ4v) is 1.92. The zero-order valence-electron chi connectivity index (χ0n) is 11.0. The average Bonchev–Trinajstić information content (AvgIpc) is 2.35. The molecule has 1 aromatic carbocycles. The van der Waals surface area contributed by atoms with E-state index < -0.39 is 0 Å². The Balaban J connectivity index is 2.72. The zero-order chi connectivity index (χ0) is 13.7. The van der Waals surface area contributed by atoms with Crippen LogP contribution in [0, 0.1) is 0 Å². The van der Waals surface area contributed by atoms with Gasteiger partial charge in [-0.05, 0) is 38.2 Å². The molecule has 0 saturated carbocycles. The molecule has 0 aliphatic carbocycles. The van der Waals surface area contributed by atoms with E-state index in [4.69, 9.17) is 17.3 Å². The maximum atomic E-state index is 12.0. The third kappa shape index (κ3) is 3.62. The number of carbonyl (C=O) groups excluding carboxylic acids is 1. The molecule has 0 spiro atoms. The van der Waals surface area contributed by atoms with E-state index in [2.05, 4.69) is 10.2 Å². The summed E-state index contributed by atoms with van der Waals surface area (Å²) in [5, 5.41) is 3.33. The highest BCUT2D eigenvalue weighted by Gasteiger charge is 2.18. The van der Waals surface area contributed by atoms with Crippen LogP contribution in [0.15, 0.2) is 18.2 Å². The lowest BCUT2D eigenvalue weighted by atomic mass is 10.2. The number of hydrogen-bond donors (Lipinski definition) is 2. The maximum Gasteiger partial charge on any atom is 0.241 e. The van der Waals surface area contributed by atoms with Crippen LogP contribution in [0.4, 0.5) is 11.4 Å². The highest BCUT2D eigenvalue weighted by atomic mass is 35.5. The first-order valence-electron chi connectivity index (χ1n) is 6.09. The van der Waals surface area contributed by atoms with Crippen LogP contribution in [0.3, 0.4) is 0 Å². The van der Waals surface area contributed by atoms with Gasteiger partial charge in [-0.3, -0.25) is 9.69 Å². The van der Waals surface area contributed by atoms with Crippen molar-refractivity contribution in [2.45, 2.75) is 26.8 Å². The second kappa shape index (κ2) is 6.61. The molecule has 1 amide bonds. The van der Waals surface area contributed by atoms with Gasteiger partial charge in [0.25, 0.3) is 0 Å². The van der Waals surface area contributed by atoms with Crippen molar-refractivity contribution in [2.75, 3.05) is 24.1 Å². The first-order chi connectivity index (χ1) is 8.49. The van der Waals surface area contributed by atoms with E-state index in [0.717, 1.165) is 13.1 Å². The molecule has 0 bridgehead atoms. The van der Waals surface area contributed by atoms with E-state index in [9.17, 15) is 4.79 Å². The monoisotopic (exact) mass is 269 g/mol. The lowest BCUT2D eigenvalue weighted by Gasteiger charge is -2.25. The molecule has 1 aromatic rings. The van der Waals surface area contributed by atoms with Gasteiger partial charge in [0.2, 0.25) is 5.91 Å². The molecule has 1 unspecified atom stereocenters. The van der Waals surface area contributed by atoms with Crippen LogP contribution in [0.25, 0.3) is 0 Å². The number of hydrogen-bond acceptors (Lipinski definition) is 3. The van der Waals surface area contributed by atoms with E-state index in [0.29, 0.717) is 16.4 Å². The molecule has 1 atom stereocenters. The van der Waals surface area contributed by atoms with Crippen molar-refractivity contribution in [1.82, 2.24) is 4.90 Å². The summed E-state index contributed by atoms with van der Waals surface area (Å²) in [5.74, 6) is -0.0413. The minimum Gasteiger partial charge on any atom is -0.397 e. The number of benzene rings is 1. The van der Waals surface area contributed by atoms with E-state index in [1.807, 2.05) is 20.8 Å². The van der Waals surface area contributed by atoms with E-state index in [-0.39, 0.29) is 11.9 Å². The van der Waals surface area contributed by atoms with Gasteiger partial charge >= 0.3 is 0 Å². The normalized spacial score (nSPS) is 12.5. The van der Waals surface area contributed by atoms with Gasteiger partial charge in [0.05, 0.1) is 16.8 Å². The maximum absolute atomic E-state index is 12.0. The van der Waals surface area contributed by atoms with E-state index in [1.54, 1.807) is 18.2 Å².